The molecular formula is C57H41N. The minimum absolute atomic E-state index is 0.106. The molecule has 2 aliphatic rings. The van der Waals surface area contributed by atoms with Crippen molar-refractivity contribution in [2.24, 2.45) is 0 Å². The van der Waals surface area contributed by atoms with Crippen molar-refractivity contribution in [1.82, 2.24) is 4.98 Å². The Kier molecular flexibility index (Phi) is 7.81. The van der Waals surface area contributed by atoms with Crippen molar-refractivity contribution in [2.75, 3.05) is 0 Å². The van der Waals surface area contributed by atoms with Crippen molar-refractivity contribution in [3.05, 3.63) is 246 Å². The van der Waals surface area contributed by atoms with Gasteiger partial charge in [-0.25, -0.2) is 4.98 Å². The first-order valence-corrected chi connectivity index (χ1v) is 20.3. The van der Waals surface area contributed by atoms with Crippen molar-refractivity contribution < 1.29 is 0 Å². The molecule has 1 heteroatoms. The number of hydrogen-bond acceptors (Lipinski definition) is 1. The Morgan fingerprint density at radius 2 is 0.707 bits per heavy atom. The van der Waals surface area contributed by atoms with Gasteiger partial charge in [0.1, 0.15) is 0 Å². The second-order valence-corrected chi connectivity index (χ2v) is 16.3. The summed E-state index contributed by atoms with van der Waals surface area (Å²) in [7, 11) is 0. The molecular weight excluding hydrogens is 699 g/mol. The van der Waals surface area contributed by atoms with E-state index < -0.39 is 0 Å². The molecule has 9 aromatic rings. The van der Waals surface area contributed by atoms with Gasteiger partial charge in [0.25, 0.3) is 0 Å². The first-order valence-electron chi connectivity index (χ1n) is 20.3. The molecule has 0 atom stereocenters. The number of rotatable bonds is 5. The molecule has 1 spiro atoms. The van der Waals surface area contributed by atoms with Gasteiger partial charge in [-0.1, -0.05) is 202 Å². The molecule has 274 valence electrons. The lowest BCUT2D eigenvalue weighted by atomic mass is 9.55. The summed E-state index contributed by atoms with van der Waals surface area (Å²) in [6, 6.07) is 77.9. The smallest absolute Gasteiger partial charge is 0.0719 e. The standard InChI is InChI=1S/C57H41N/c1-56(2)50-24-11-13-26-52(50)57(53-27-14-12-25-51(53)56)48-23-10-9-22-46(48)47-35-43(32-33-49(47)57)40-30-28-39(29-31-40)42-20-15-21-44(34-42)55-37-45(38-16-5-3-6-17-38)36-54(58-55)41-18-7-4-8-19-41/h3-37H,1-2H3. The number of nitrogens with zero attached hydrogens (tertiary/aromatic N) is 1. The summed E-state index contributed by atoms with van der Waals surface area (Å²) in [5.41, 5.74) is 21.7. The van der Waals surface area contributed by atoms with E-state index in [2.05, 4.69) is 226 Å². The van der Waals surface area contributed by atoms with Gasteiger partial charge in [-0.05, 0) is 102 Å². The van der Waals surface area contributed by atoms with Gasteiger partial charge in [-0.15, -0.1) is 0 Å². The molecule has 0 amide bonds. The maximum absolute atomic E-state index is 5.20. The van der Waals surface area contributed by atoms with E-state index in [1.54, 1.807) is 0 Å². The third kappa shape index (κ3) is 5.20. The van der Waals surface area contributed by atoms with E-state index in [-0.39, 0.29) is 10.8 Å². The highest BCUT2D eigenvalue weighted by molar-refractivity contribution is 5.91. The molecule has 0 bridgehead atoms. The fraction of sp³-hybridized carbons (Fsp3) is 0.0702. The normalized spacial score (nSPS) is 14.0. The molecule has 0 unspecified atom stereocenters. The number of hydrogen-bond donors (Lipinski definition) is 0. The van der Waals surface area contributed by atoms with Gasteiger partial charge in [0.15, 0.2) is 0 Å². The molecule has 0 N–H and O–H groups in total. The van der Waals surface area contributed by atoms with E-state index in [9.17, 15) is 0 Å². The maximum atomic E-state index is 5.20. The minimum atomic E-state index is -0.376. The Labute approximate surface area is 341 Å². The lowest BCUT2D eigenvalue weighted by Gasteiger charge is -2.46. The predicted octanol–water partition coefficient (Wildman–Crippen LogP) is 14.4. The van der Waals surface area contributed by atoms with Crippen LogP contribution in [0.2, 0.25) is 0 Å². The van der Waals surface area contributed by atoms with Crippen LogP contribution in [-0.4, -0.2) is 4.98 Å². The van der Waals surface area contributed by atoms with E-state index in [0.29, 0.717) is 0 Å². The molecule has 0 radical (unpaired) electrons. The first-order chi connectivity index (χ1) is 28.5. The van der Waals surface area contributed by atoms with Crippen LogP contribution in [0.1, 0.15) is 47.2 Å². The second-order valence-electron chi connectivity index (χ2n) is 16.3. The van der Waals surface area contributed by atoms with Crippen molar-refractivity contribution in [3.63, 3.8) is 0 Å². The number of pyridine rings is 1. The van der Waals surface area contributed by atoms with Crippen LogP contribution in [0.5, 0.6) is 0 Å². The fourth-order valence-electron chi connectivity index (χ4n) is 9.99. The van der Waals surface area contributed by atoms with Crippen molar-refractivity contribution in [3.8, 4) is 67.0 Å². The van der Waals surface area contributed by atoms with Crippen LogP contribution < -0.4 is 0 Å². The molecule has 0 fully saturated rings. The summed E-state index contributed by atoms with van der Waals surface area (Å²) < 4.78 is 0. The van der Waals surface area contributed by atoms with Gasteiger partial charge < -0.3 is 0 Å². The molecule has 0 aliphatic heterocycles. The fourth-order valence-corrected chi connectivity index (χ4v) is 9.99. The highest BCUT2D eigenvalue weighted by Gasteiger charge is 2.53. The summed E-state index contributed by atoms with van der Waals surface area (Å²) >= 11 is 0. The van der Waals surface area contributed by atoms with E-state index >= 15 is 0 Å². The van der Waals surface area contributed by atoms with Gasteiger partial charge in [-0.3, -0.25) is 0 Å². The number of benzene rings is 8. The summed E-state index contributed by atoms with van der Waals surface area (Å²) in [5, 5.41) is 0. The monoisotopic (exact) mass is 739 g/mol. The molecule has 11 rings (SSSR count). The van der Waals surface area contributed by atoms with Gasteiger partial charge in [-0.2, -0.15) is 0 Å². The van der Waals surface area contributed by atoms with Crippen molar-refractivity contribution in [2.45, 2.75) is 24.7 Å². The van der Waals surface area contributed by atoms with E-state index in [1.165, 1.54) is 72.3 Å². The molecule has 1 nitrogen and oxygen atoms in total. The van der Waals surface area contributed by atoms with E-state index in [4.69, 9.17) is 4.98 Å². The largest absolute Gasteiger partial charge is 0.248 e. The molecule has 0 saturated carbocycles. The average molecular weight is 740 g/mol. The lowest BCUT2D eigenvalue weighted by molar-refractivity contribution is 0.563. The SMILES string of the molecule is CC1(C)c2ccccc2C2(c3ccccc3-c3cc(-c4ccc(-c5cccc(-c6cc(-c7ccccc7)cc(-c7ccccc7)n6)c5)cc4)ccc32)c2ccccc21. The van der Waals surface area contributed by atoms with Crippen LogP contribution >= 0.6 is 0 Å². The van der Waals surface area contributed by atoms with Crippen LogP contribution in [0.4, 0.5) is 0 Å². The topological polar surface area (TPSA) is 12.9 Å². The molecule has 1 aromatic heterocycles. The first kappa shape index (κ1) is 34.2. The zero-order valence-corrected chi connectivity index (χ0v) is 32.7. The second kappa shape index (κ2) is 13.3. The summed E-state index contributed by atoms with van der Waals surface area (Å²) in [6.45, 7) is 4.76. The third-order valence-electron chi connectivity index (χ3n) is 12.8. The van der Waals surface area contributed by atoms with Crippen LogP contribution in [0.15, 0.2) is 212 Å². The Bertz CT molecular complexity index is 2900. The Morgan fingerprint density at radius 1 is 0.276 bits per heavy atom. The molecule has 2 aliphatic carbocycles. The van der Waals surface area contributed by atoms with Crippen molar-refractivity contribution >= 4 is 0 Å². The van der Waals surface area contributed by atoms with Crippen LogP contribution in [0, 0.1) is 0 Å². The van der Waals surface area contributed by atoms with Gasteiger partial charge >= 0.3 is 0 Å². The zero-order chi connectivity index (χ0) is 38.8. The maximum Gasteiger partial charge on any atom is 0.0719 e. The van der Waals surface area contributed by atoms with Crippen LogP contribution in [-0.2, 0) is 10.8 Å². The van der Waals surface area contributed by atoms with Gasteiger partial charge in [0, 0.05) is 16.5 Å². The molecule has 58 heavy (non-hydrogen) atoms. The highest BCUT2D eigenvalue weighted by atomic mass is 14.7. The Balaban J connectivity index is 0.979. The highest BCUT2D eigenvalue weighted by Crippen LogP contribution is 2.62. The summed E-state index contributed by atoms with van der Waals surface area (Å²) in [6.07, 6.45) is 0. The van der Waals surface area contributed by atoms with E-state index in [1.807, 2.05) is 0 Å². The van der Waals surface area contributed by atoms with Crippen LogP contribution in [0.3, 0.4) is 0 Å². The lowest BCUT2D eigenvalue weighted by Crippen LogP contribution is -2.40. The molecule has 1 heterocycles. The number of fused-ring (bicyclic) bond motifs is 9. The van der Waals surface area contributed by atoms with E-state index in [0.717, 1.165) is 28.1 Å². The molecule has 0 saturated heterocycles. The van der Waals surface area contributed by atoms with Gasteiger partial charge in [0.05, 0.1) is 16.8 Å². The molecule has 8 aromatic carbocycles. The van der Waals surface area contributed by atoms with Gasteiger partial charge in [0.2, 0.25) is 0 Å². The third-order valence-corrected chi connectivity index (χ3v) is 12.8. The Hall–Kier alpha value is -7.09. The zero-order valence-electron chi connectivity index (χ0n) is 32.7. The quantitative estimate of drug-likeness (QED) is 0.171. The minimum Gasteiger partial charge on any atom is -0.248 e. The van der Waals surface area contributed by atoms with Crippen LogP contribution in [0.25, 0.3) is 67.0 Å². The summed E-state index contributed by atoms with van der Waals surface area (Å²) in [5.74, 6) is 0. The Morgan fingerprint density at radius 3 is 1.34 bits per heavy atom. The summed E-state index contributed by atoms with van der Waals surface area (Å²) in [4.78, 5) is 5.20. The predicted molar refractivity (Wildman–Crippen MR) is 241 cm³/mol. The van der Waals surface area contributed by atoms with Crippen molar-refractivity contribution in [1.29, 1.82) is 0 Å². The average Bonchev–Trinajstić information content (AvgIpc) is 3.59. The number of aromatic nitrogens is 1.